The standard InChI is InChI=1S/C17H28N2O2/c1-7-18-11-14-10-12(2)8-9-15(14)21-13(3)16(20)19-17(4,5)6/h8-10,13,18H,7,11H2,1-6H3,(H,19,20). The first-order valence-electron chi connectivity index (χ1n) is 7.52. The lowest BCUT2D eigenvalue weighted by Crippen LogP contribution is -2.46. The Kier molecular flexibility index (Phi) is 6.21. The molecule has 4 nitrogen and oxygen atoms in total. The number of benzene rings is 1. The van der Waals surface area contributed by atoms with Crippen LogP contribution in [-0.4, -0.2) is 24.1 Å². The second-order valence-electron chi connectivity index (χ2n) is 6.39. The van der Waals surface area contributed by atoms with Crippen LogP contribution in [0.1, 0.15) is 45.7 Å². The first-order chi connectivity index (χ1) is 9.73. The van der Waals surface area contributed by atoms with Gasteiger partial charge in [0.2, 0.25) is 0 Å². The third kappa shape index (κ3) is 6.17. The van der Waals surface area contributed by atoms with Crippen molar-refractivity contribution >= 4 is 5.91 Å². The molecule has 2 N–H and O–H groups in total. The molecule has 1 rings (SSSR count). The van der Waals surface area contributed by atoms with Gasteiger partial charge < -0.3 is 15.4 Å². The Morgan fingerprint density at radius 3 is 2.57 bits per heavy atom. The smallest absolute Gasteiger partial charge is 0.261 e. The van der Waals surface area contributed by atoms with E-state index in [9.17, 15) is 4.79 Å². The van der Waals surface area contributed by atoms with Crippen molar-refractivity contribution in [1.29, 1.82) is 0 Å². The number of rotatable bonds is 6. The molecule has 1 unspecified atom stereocenters. The second-order valence-corrected chi connectivity index (χ2v) is 6.39. The summed E-state index contributed by atoms with van der Waals surface area (Å²) >= 11 is 0. The Hall–Kier alpha value is -1.55. The van der Waals surface area contributed by atoms with E-state index in [0.717, 1.165) is 24.4 Å². The van der Waals surface area contributed by atoms with E-state index in [1.54, 1.807) is 6.92 Å². The van der Waals surface area contributed by atoms with Gasteiger partial charge in [0.15, 0.2) is 6.10 Å². The minimum absolute atomic E-state index is 0.0996. The van der Waals surface area contributed by atoms with Crippen molar-refractivity contribution in [3.8, 4) is 5.75 Å². The lowest BCUT2D eigenvalue weighted by Gasteiger charge is -2.24. The number of nitrogens with one attached hydrogen (secondary N) is 2. The van der Waals surface area contributed by atoms with Crippen LogP contribution in [0, 0.1) is 6.92 Å². The van der Waals surface area contributed by atoms with Gasteiger partial charge in [0.25, 0.3) is 5.91 Å². The average molecular weight is 292 g/mol. The van der Waals surface area contributed by atoms with E-state index in [0.29, 0.717) is 0 Å². The summed E-state index contributed by atoms with van der Waals surface area (Å²) in [5.74, 6) is 0.663. The molecule has 0 spiro atoms. The molecule has 0 bridgehead atoms. The zero-order valence-electron chi connectivity index (χ0n) is 14.0. The summed E-state index contributed by atoms with van der Waals surface area (Å²) < 4.78 is 5.85. The molecule has 1 aromatic carbocycles. The molecule has 4 heteroatoms. The predicted octanol–water partition coefficient (Wildman–Crippen LogP) is 2.79. The molecule has 0 aliphatic heterocycles. The molecule has 0 saturated carbocycles. The first-order valence-corrected chi connectivity index (χ1v) is 7.52. The zero-order chi connectivity index (χ0) is 16.0. The first kappa shape index (κ1) is 17.5. The number of carbonyl (C=O) groups is 1. The highest BCUT2D eigenvalue weighted by Gasteiger charge is 2.21. The van der Waals surface area contributed by atoms with E-state index in [2.05, 4.69) is 30.5 Å². The molecule has 1 aromatic rings. The van der Waals surface area contributed by atoms with Crippen molar-refractivity contribution in [2.75, 3.05) is 6.54 Å². The fraction of sp³-hybridized carbons (Fsp3) is 0.588. The van der Waals surface area contributed by atoms with Crippen LogP contribution in [0.4, 0.5) is 0 Å². The van der Waals surface area contributed by atoms with Crippen LogP contribution < -0.4 is 15.4 Å². The van der Waals surface area contributed by atoms with Gasteiger partial charge >= 0.3 is 0 Å². The van der Waals surface area contributed by atoms with Crippen molar-refractivity contribution in [3.05, 3.63) is 29.3 Å². The molecule has 0 radical (unpaired) electrons. The third-order valence-electron chi connectivity index (χ3n) is 2.95. The van der Waals surface area contributed by atoms with Gasteiger partial charge in [-0.15, -0.1) is 0 Å². The molecule has 0 saturated heterocycles. The largest absolute Gasteiger partial charge is 0.481 e. The molecule has 118 valence electrons. The fourth-order valence-electron chi connectivity index (χ4n) is 1.94. The van der Waals surface area contributed by atoms with Crippen LogP contribution in [0.15, 0.2) is 18.2 Å². The number of hydrogen-bond acceptors (Lipinski definition) is 3. The van der Waals surface area contributed by atoms with Gasteiger partial charge in [-0.25, -0.2) is 0 Å². The number of amides is 1. The van der Waals surface area contributed by atoms with Crippen LogP contribution in [0.2, 0.25) is 0 Å². The molecule has 1 atom stereocenters. The number of aryl methyl sites for hydroxylation is 1. The van der Waals surface area contributed by atoms with Gasteiger partial charge in [-0.05, 0) is 47.2 Å². The van der Waals surface area contributed by atoms with Crippen LogP contribution in [0.5, 0.6) is 5.75 Å². The Morgan fingerprint density at radius 2 is 2.00 bits per heavy atom. The molecule has 0 aliphatic carbocycles. The molecule has 0 aromatic heterocycles. The van der Waals surface area contributed by atoms with Crippen molar-refractivity contribution in [2.45, 2.75) is 59.7 Å². The van der Waals surface area contributed by atoms with Crippen molar-refractivity contribution in [2.24, 2.45) is 0 Å². The molecule has 0 fully saturated rings. The van der Waals surface area contributed by atoms with Crippen molar-refractivity contribution < 1.29 is 9.53 Å². The summed E-state index contributed by atoms with van der Waals surface area (Å²) in [6.07, 6.45) is -0.521. The highest BCUT2D eigenvalue weighted by atomic mass is 16.5. The topological polar surface area (TPSA) is 50.4 Å². The summed E-state index contributed by atoms with van der Waals surface area (Å²) in [5.41, 5.74) is 2.00. The van der Waals surface area contributed by atoms with Crippen molar-refractivity contribution in [3.63, 3.8) is 0 Å². The number of carbonyl (C=O) groups excluding carboxylic acids is 1. The Bertz CT molecular complexity index is 478. The quantitative estimate of drug-likeness (QED) is 0.847. The van der Waals surface area contributed by atoms with Gasteiger partial charge in [-0.2, -0.15) is 0 Å². The second kappa shape index (κ2) is 7.46. The number of ether oxygens (including phenoxy) is 1. The van der Waals surface area contributed by atoms with E-state index in [1.807, 2.05) is 32.9 Å². The predicted molar refractivity (Wildman–Crippen MR) is 86.5 cm³/mol. The maximum Gasteiger partial charge on any atom is 0.261 e. The SMILES string of the molecule is CCNCc1cc(C)ccc1OC(C)C(=O)NC(C)(C)C. The lowest BCUT2D eigenvalue weighted by molar-refractivity contribution is -0.128. The van der Waals surface area contributed by atoms with Crippen molar-refractivity contribution in [1.82, 2.24) is 10.6 Å². The Labute approximate surface area is 128 Å². The van der Waals surface area contributed by atoms with Gasteiger partial charge in [0.1, 0.15) is 5.75 Å². The van der Waals surface area contributed by atoms with Gasteiger partial charge in [-0.3, -0.25) is 4.79 Å². The van der Waals surface area contributed by atoms with E-state index in [1.165, 1.54) is 5.56 Å². The minimum atomic E-state index is -0.521. The van der Waals surface area contributed by atoms with E-state index in [-0.39, 0.29) is 11.4 Å². The van der Waals surface area contributed by atoms with Gasteiger partial charge in [0, 0.05) is 17.6 Å². The molecule has 21 heavy (non-hydrogen) atoms. The fourth-order valence-corrected chi connectivity index (χ4v) is 1.94. The molecule has 0 aliphatic rings. The highest BCUT2D eigenvalue weighted by molar-refractivity contribution is 5.81. The monoisotopic (exact) mass is 292 g/mol. The van der Waals surface area contributed by atoms with Gasteiger partial charge in [0.05, 0.1) is 0 Å². The average Bonchev–Trinajstić information content (AvgIpc) is 2.36. The molecule has 0 heterocycles. The minimum Gasteiger partial charge on any atom is -0.481 e. The molecular weight excluding hydrogens is 264 g/mol. The van der Waals surface area contributed by atoms with E-state index >= 15 is 0 Å². The zero-order valence-corrected chi connectivity index (χ0v) is 14.0. The molecule has 1 amide bonds. The van der Waals surface area contributed by atoms with Crippen LogP contribution >= 0.6 is 0 Å². The summed E-state index contributed by atoms with van der Waals surface area (Å²) in [6.45, 7) is 13.4. The maximum absolute atomic E-state index is 12.1. The summed E-state index contributed by atoms with van der Waals surface area (Å²) in [6, 6.07) is 6.02. The van der Waals surface area contributed by atoms with E-state index in [4.69, 9.17) is 4.74 Å². The van der Waals surface area contributed by atoms with E-state index < -0.39 is 6.10 Å². The Balaban J connectivity index is 2.79. The number of hydrogen-bond donors (Lipinski definition) is 2. The highest BCUT2D eigenvalue weighted by Crippen LogP contribution is 2.21. The van der Waals surface area contributed by atoms with Gasteiger partial charge in [-0.1, -0.05) is 24.6 Å². The summed E-state index contributed by atoms with van der Waals surface area (Å²) in [5, 5.41) is 6.23. The van der Waals surface area contributed by atoms with Crippen LogP contribution in [0.3, 0.4) is 0 Å². The maximum atomic E-state index is 12.1. The summed E-state index contributed by atoms with van der Waals surface area (Å²) in [7, 11) is 0. The normalized spacial score (nSPS) is 12.9. The molecular formula is C17H28N2O2. The van der Waals surface area contributed by atoms with Crippen LogP contribution in [-0.2, 0) is 11.3 Å². The Morgan fingerprint density at radius 1 is 1.33 bits per heavy atom. The summed E-state index contributed by atoms with van der Waals surface area (Å²) in [4.78, 5) is 12.1. The van der Waals surface area contributed by atoms with Crippen LogP contribution in [0.25, 0.3) is 0 Å². The third-order valence-corrected chi connectivity index (χ3v) is 2.95. The lowest BCUT2D eigenvalue weighted by atomic mass is 10.1.